The molecule has 0 saturated heterocycles. The molecule has 1 N–H and O–H groups in total. The van der Waals surface area contributed by atoms with Crippen molar-refractivity contribution in [2.24, 2.45) is 0 Å². The second-order valence-corrected chi connectivity index (χ2v) is 4.73. The third-order valence-electron chi connectivity index (χ3n) is 3.24. The van der Waals surface area contributed by atoms with E-state index in [-0.39, 0.29) is 5.54 Å². The van der Waals surface area contributed by atoms with E-state index in [1.54, 1.807) is 0 Å². The van der Waals surface area contributed by atoms with E-state index in [0.717, 1.165) is 6.42 Å². The first-order valence-electron chi connectivity index (χ1n) is 6.38. The molecule has 2 heteroatoms. The maximum atomic E-state index is 4.04. The lowest BCUT2D eigenvalue weighted by atomic mass is 9.91. The number of nitrogens with zero attached hydrogens (tertiary/aromatic N) is 1. The summed E-state index contributed by atoms with van der Waals surface area (Å²) in [6.07, 6.45) is 9.98. The minimum atomic E-state index is 0.219. The second kappa shape index (κ2) is 6.51. The first kappa shape index (κ1) is 13.0. The average molecular weight is 220 g/mol. The van der Waals surface area contributed by atoms with Crippen LogP contribution in [-0.4, -0.2) is 10.5 Å². The first-order valence-corrected chi connectivity index (χ1v) is 6.38. The van der Waals surface area contributed by atoms with E-state index < -0.39 is 0 Å². The quantitative estimate of drug-likeness (QED) is 0.695. The van der Waals surface area contributed by atoms with E-state index in [1.165, 1.54) is 31.4 Å². The fourth-order valence-electron chi connectivity index (χ4n) is 1.88. The lowest BCUT2D eigenvalue weighted by molar-refractivity contribution is 0.433. The van der Waals surface area contributed by atoms with Gasteiger partial charge >= 0.3 is 0 Å². The molecule has 1 aromatic rings. The highest BCUT2D eigenvalue weighted by Gasteiger charge is 2.20. The van der Waals surface area contributed by atoms with Gasteiger partial charge in [-0.3, -0.25) is 4.98 Å². The van der Waals surface area contributed by atoms with Gasteiger partial charge in [-0.1, -0.05) is 33.1 Å². The van der Waals surface area contributed by atoms with E-state index >= 15 is 0 Å². The Hall–Kier alpha value is -1.05. The topological polar surface area (TPSA) is 24.9 Å². The van der Waals surface area contributed by atoms with Gasteiger partial charge in [0.25, 0.3) is 0 Å². The molecule has 0 fully saturated rings. The van der Waals surface area contributed by atoms with Crippen LogP contribution in [0.4, 0.5) is 5.69 Å². The average Bonchev–Trinajstić information content (AvgIpc) is 2.31. The van der Waals surface area contributed by atoms with Crippen molar-refractivity contribution in [2.75, 3.05) is 5.32 Å². The number of hydrogen-bond acceptors (Lipinski definition) is 2. The van der Waals surface area contributed by atoms with Gasteiger partial charge in [-0.25, -0.2) is 0 Å². The van der Waals surface area contributed by atoms with Crippen molar-refractivity contribution in [2.45, 2.75) is 58.4 Å². The summed E-state index contributed by atoms with van der Waals surface area (Å²) in [6.45, 7) is 6.81. The van der Waals surface area contributed by atoms with Crippen LogP contribution in [0.5, 0.6) is 0 Å². The molecule has 1 aromatic heterocycles. The monoisotopic (exact) mass is 220 g/mol. The van der Waals surface area contributed by atoms with E-state index in [9.17, 15) is 0 Å². The second-order valence-electron chi connectivity index (χ2n) is 4.73. The van der Waals surface area contributed by atoms with Crippen molar-refractivity contribution in [1.29, 1.82) is 0 Å². The van der Waals surface area contributed by atoms with Crippen molar-refractivity contribution < 1.29 is 0 Å². The van der Waals surface area contributed by atoms with Crippen molar-refractivity contribution in [3.63, 3.8) is 0 Å². The Kier molecular flexibility index (Phi) is 5.30. The zero-order valence-electron chi connectivity index (χ0n) is 10.8. The Morgan fingerprint density at radius 3 is 2.44 bits per heavy atom. The summed E-state index contributed by atoms with van der Waals surface area (Å²) in [5.41, 5.74) is 1.40. The molecular weight excluding hydrogens is 196 g/mol. The van der Waals surface area contributed by atoms with Gasteiger partial charge in [-0.2, -0.15) is 0 Å². The van der Waals surface area contributed by atoms with Gasteiger partial charge in [-0.15, -0.1) is 0 Å². The Morgan fingerprint density at radius 1 is 1.19 bits per heavy atom. The molecule has 0 bridgehead atoms. The molecule has 0 amide bonds. The number of unbranched alkanes of at least 4 members (excludes halogenated alkanes) is 2. The van der Waals surface area contributed by atoms with Crippen molar-refractivity contribution in [1.82, 2.24) is 4.98 Å². The van der Waals surface area contributed by atoms with E-state index in [4.69, 9.17) is 0 Å². The van der Waals surface area contributed by atoms with Crippen LogP contribution in [0, 0.1) is 0 Å². The van der Waals surface area contributed by atoms with E-state index in [2.05, 4.69) is 31.1 Å². The maximum Gasteiger partial charge on any atom is 0.0375 e. The third kappa shape index (κ3) is 4.21. The fourth-order valence-corrected chi connectivity index (χ4v) is 1.88. The summed E-state index contributed by atoms with van der Waals surface area (Å²) in [5.74, 6) is 0. The Balaban J connectivity index is 2.52. The van der Waals surface area contributed by atoms with E-state index in [0.29, 0.717) is 0 Å². The molecule has 1 unspecified atom stereocenters. The predicted octanol–water partition coefficient (Wildman–Crippen LogP) is 4.24. The van der Waals surface area contributed by atoms with Gasteiger partial charge in [0.05, 0.1) is 0 Å². The molecule has 0 radical (unpaired) electrons. The van der Waals surface area contributed by atoms with Gasteiger partial charge in [-0.05, 0) is 31.9 Å². The fraction of sp³-hybridized carbons (Fsp3) is 0.643. The largest absolute Gasteiger partial charge is 0.380 e. The van der Waals surface area contributed by atoms with Gasteiger partial charge in [0, 0.05) is 23.6 Å². The molecule has 0 aliphatic rings. The number of nitrogens with one attached hydrogen (secondary N) is 1. The maximum absolute atomic E-state index is 4.04. The first-order chi connectivity index (χ1) is 7.70. The van der Waals surface area contributed by atoms with Crippen LogP contribution >= 0.6 is 0 Å². The molecule has 0 spiro atoms. The zero-order valence-corrected chi connectivity index (χ0v) is 10.8. The Bertz CT molecular complexity index is 284. The molecule has 16 heavy (non-hydrogen) atoms. The molecule has 2 nitrogen and oxygen atoms in total. The highest BCUT2D eigenvalue weighted by Crippen LogP contribution is 2.23. The van der Waals surface area contributed by atoms with Crippen LogP contribution in [0.2, 0.25) is 0 Å². The van der Waals surface area contributed by atoms with Gasteiger partial charge in [0.1, 0.15) is 0 Å². The number of pyridine rings is 1. The standard InChI is InChI=1S/C14H24N2/c1-4-6-7-10-14(3,5-2)16-13-8-11-15-12-9-13/h8-9,11-12H,4-7,10H2,1-3H3,(H,15,16). The van der Waals surface area contributed by atoms with Crippen LogP contribution in [0.1, 0.15) is 52.9 Å². The van der Waals surface area contributed by atoms with E-state index in [1.807, 2.05) is 24.5 Å². The van der Waals surface area contributed by atoms with Gasteiger partial charge < -0.3 is 5.32 Å². The normalized spacial score (nSPS) is 14.4. The van der Waals surface area contributed by atoms with Crippen molar-refractivity contribution in [3.8, 4) is 0 Å². The molecule has 0 aromatic carbocycles. The molecule has 90 valence electrons. The number of aromatic nitrogens is 1. The smallest absolute Gasteiger partial charge is 0.0375 e. The minimum absolute atomic E-state index is 0.219. The summed E-state index contributed by atoms with van der Waals surface area (Å²) in [4.78, 5) is 4.04. The van der Waals surface area contributed by atoms with Crippen LogP contribution < -0.4 is 5.32 Å². The molecular formula is C14H24N2. The molecule has 1 heterocycles. The number of anilines is 1. The predicted molar refractivity (Wildman–Crippen MR) is 70.7 cm³/mol. The lowest BCUT2D eigenvalue weighted by Crippen LogP contribution is -2.33. The molecule has 0 saturated carbocycles. The molecule has 0 aliphatic heterocycles. The SMILES string of the molecule is CCCCCC(C)(CC)Nc1ccncc1. The Morgan fingerprint density at radius 2 is 1.88 bits per heavy atom. The van der Waals surface area contributed by atoms with Crippen LogP contribution in [-0.2, 0) is 0 Å². The van der Waals surface area contributed by atoms with Gasteiger partial charge in [0.2, 0.25) is 0 Å². The molecule has 0 aliphatic carbocycles. The molecule has 1 rings (SSSR count). The van der Waals surface area contributed by atoms with Gasteiger partial charge in [0.15, 0.2) is 0 Å². The van der Waals surface area contributed by atoms with Crippen LogP contribution in [0.3, 0.4) is 0 Å². The number of hydrogen-bond donors (Lipinski definition) is 1. The Labute approximate surface area is 99.5 Å². The van der Waals surface area contributed by atoms with Crippen LogP contribution in [0.25, 0.3) is 0 Å². The summed E-state index contributed by atoms with van der Waals surface area (Å²) in [5, 5.41) is 3.62. The highest BCUT2D eigenvalue weighted by molar-refractivity contribution is 5.43. The summed E-state index contributed by atoms with van der Waals surface area (Å²) in [7, 11) is 0. The molecule has 1 atom stereocenters. The van der Waals surface area contributed by atoms with Crippen molar-refractivity contribution >= 4 is 5.69 Å². The lowest BCUT2D eigenvalue weighted by Gasteiger charge is -2.31. The minimum Gasteiger partial charge on any atom is -0.380 e. The van der Waals surface area contributed by atoms with Crippen molar-refractivity contribution in [3.05, 3.63) is 24.5 Å². The summed E-state index contributed by atoms with van der Waals surface area (Å²) in [6, 6.07) is 4.07. The summed E-state index contributed by atoms with van der Waals surface area (Å²) >= 11 is 0. The highest BCUT2D eigenvalue weighted by atomic mass is 15.0. The third-order valence-corrected chi connectivity index (χ3v) is 3.24. The summed E-state index contributed by atoms with van der Waals surface area (Å²) < 4.78 is 0. The number of rotatable bonds is 7. The van der Waals surface area contributed by atoms with Crippen LogP contribution in [0.15, 0.2) is 24.5 Å². The zero-order chi connectivity index (χ0) is 11.9.